The largest absolute Gasteiger partial charge is 0.417 e. The van der Waals surface area contributed by atoms with E-state index in [9.17, 15) is 26.7 Å². The van der Waals surface area contributed by atoms with Crippen molar-refractivity contribution in [3.63, 3.8) is 0 Å². The Morgan fingerprint density at radius 3 is 2.65 bits per heavy atom. The van der Waals surface area contributed by atoms with Crippen LogP contribution in [-0.4, -0.2) is 77.6 Å². The van der Waals surface area contributed by atoms with Crippen molar-refractivity contribution in [2.75, 3.05) is 56.2 Å². The van der Waals surface area contributed by atoms with Crippen LogP contribution in [0.2, 0.25) is 0 Å². The molecule has 1 unspecified atom stereocenters. The first kappa shape index (κ1) is 26.9. The summed E-state index contributed by atoms with van der Waals surface area (Å²) in [5.41, 5.74) is 4.39. The molecule has 0 bridgehead atoms. The Morgan fingerprint density at radius 1 is 1.22 bits per heavy atom. The summed E-state index contributed by atoms with van der Waals surface area (Å²) in [6.45, 7) is -0.559. The highest BCUT2D eigenvalue weighted by Gasteiger charge is 2.44. The van der Waals surface area contributed by atoms with Gasteiger partial charge in [0.1, 0.15) is 6.33 Å². The fraction of sp³-hybridized carbons (Fsp3) is 0.545. The fourth-order valence-corrected chi connectivity index (χ4v) is 4.44. The predicted molar refractivity (Wildman–Crippen MR) is 119 cm³/mol. The molecule has 2 aromatic heterocycles. The Balaban J connectivity index is 1.48. The van der Waals surface area contributed by atoms with Crippen molar-refractivity contribution in [1.82, 2.24) is 19.9 Å². The van der Waals surface area contributed by atoms with Crippen LogP contribution in [0, 0.1) is 11.7 Å². The van der Waals surface area contributed by atoms with Gasteiger partial charge in [0.2, 0.25) is 11.7 Å². The zero-order valence-electron chi connectivity index (χ0n) is 19.5. The van der Waals surface area contributed by atoms with Gasteiger partial charge in [-0.3, -0.25) is 14.7 Å². The van der Waals surface area contributed by atoms with Gasteiger partial charge in [-0.25, -0.2) is 18.7 Å². The first-order valence-electron chi connectivity index (χ1n) is 11.5. The molecular weight excluding hydrogens is 508 g/mol. The highest BCUT2D eigenvalue weighted by atomic mass is 19.4. The van der Waals surface area contributed by atoms with Gasteiger partial charge in [0.15, 0.2) is 11.6 Å². The number of nitrogens with two attached hydrogens (primary N) is 1. The van der Waals surface area contributed by atoms with E-state index in [1.807, 2.05) is 0 Å². The Hall–Kier alpha value is -3.20. The van der Waals surface area contributed by atoms with Crippen molar-refractivity contribution in [3.8, 4) is 0 Å². The third-order valence-corrected chi connectivity index (χ3v) is 6.35. The molecule has 3 N–H and O–H groups in total. The number of hydrogen-bond acceptors (Lipinski definition) is 8. The number of aromatic nitrogens is 3. The second-order valence-electron chi connectivity index (χ2n) is 8.92. The first-order chi connectivity index (χ1) is 17.5. The number of hydrogen-bond donors (Lipinski definition) is 2. The SMILES string of the molecule is NC(=O)CN1CCC(CNc2ncnc(N3CCOC[C@@H]3c3ccc(C(F)(F)F)cn3)c2F)C(F)(F)C1. The molecule has 2 aliphatic rings. The Morgan fingerprint density at radius 2 is 2.00 bits per heavy atom. The fourth-order valence-electron chi connectivity index (χ4n) is 4.44. The maximum atomic E-state index is 15.4. The number of rotatable bonds is 7. The zero-order chi connectivity index (χ0) is 26.8. The Bertz CT molecular complexity index is 1100. The summed E-state index contributed by atoms with van der Waals surface area (Å²) in [6, 6.07) is 1.35. The second-order valence-corrected chi connectivity index (χ2v) is 8.92. The number of halogens is 6. The van der Waals surface area contributed by atoms with Crippen LogP contribution >= 0.6 is 0 Å². The van der Waals surface area contributed by atoms with Crippen molar-refractivity contribution in [3.05, 3.63) is 41.7 Å². The van der Waals surface area contributed by atoms with Crippen molar-refractivity contribution in [2.45, 2.75) is 24.6 Å². The van der Waals surface area contributed by atoms with Gasteiger partial charge < -0.3 is 20.7 Å². The van der Waals surface area contributed by atoms with E-state index in [1.54, 1.807) is 0 Å². The van der Waals surface area contributed by atoms with Gasteiger partial charge in [-0.1, -0.05) is 0 Å². The van der Waals surface area contributed by atoms with Crippen LogP contribution < -0.4 is 16.0 Å². The lowest BCUT2D eigenvalue weighted by atomic mass is 9.92. The van der Waals surface area contributed by atoms with E-state index in [2.05, 4.69) is 20.3 Å². The van der Waals surface area contributed by atoms with Gasteiger partial charge in [-0.15, -0.1) is 0 Å². The van der Waals surface area contributed by atoms with Crippen LogP contribution in [0.15, 0.2) is 24.7 Å². The van der Waals surface area contributed by atoms with E-state index in [0.29, 0.717) is 6.20 Å². The average molecular weight is 533 g/mol. The van der Waals surface area contributed by atoms with Crippen molar-refractivity contribution < 1.29 is 35.9 Å². The van der Waals surface area contributed by atoms with Crippen LogP contribution in [0.4, 0.5) is 38.0 Å². The molecule has 4 heterocycles. The number of carbonyl (C=O) groups excluding carboxylic acids is 1. The van der Waals surface area contributed by atoms with Crippen LogP contribution in [0.3, 0.4) is 0 Å². The molecule has 202 valence electrons. The minimum atomic E-state index is -4.55. The average Bonchev–Trinajstić information content (AvgIpc) is 2.83. The molecule has 37 heavy (non-hydrogen) atoms. The third kappa shape index (κ3) is 6.21. The molecule has 0 aromatic carbocycles. The van der Waals surface area contributed by atoms with E-state index in [0.717, 1.165) is 12.4 Å². The van der Waals surface area contributed by atoms with E-state index in [4.69, 9.17) is 10.5 Å². The van der Waals surface area contributed by atoms with E-state index >= 15 is 4.39 Å². The van der Waals surface area contributed by atoms with Crippen LogP contribution in [0.25, 0.3) is 0 Å². The van der Waals surface area contributed by atoms with Gasteiger partial charge in [-0.2, -0.15) is 17.6 Å². The number of carbonyl (C=O) groups is 1. The number of nitrogens with zero attached hydrogens (tertiary/aromatic N) is 5. The highest BCUT2D eigenvalue weighted by Crippen LogP contribution is 2.35. The van der Waals surface area contributed by atoms with Gasteiger partial charge >= 0.3 is 6.18 Å². The highest BCUT2D eigenvalue weighted by molar-refractivity contribution is 5.75. The summed E-state index contributed by atoms with van der Waals surface area (Å²) in [5, 5.41) is 2.64. The van der Waals surface area contributed by atoms with Gasteiger partial charge in [0, 0.05) is 25.2 Å². The smallest absolute Gasteiger partial charge is 0.377 e. The molecule has 9 nitrogen and oxygen atoms in total. The summed E-state index contributed by atoms with van der Waals surface area (Å²) in [5.74, 6) is -6.31. The maximum absolute atomic E-state index is 15.4. The summed E-state index contributed by atoms with van der Waals surface area (Å²) in [6.07, 6.45) is -2.73. The van der Waals surface area contributed by atoms with E-state index in [-0.39, 0.29) is 63.1 Å². The molecule has 0 spiro atoms. The van der Waals surface area contributed by atoms with Crippen molar-refractivity contribution >= 4 is 17.5 Å². The molecule has 2 fully saturated rings. The van der Waals surface area contributed by atoms with Crippen molar-refractivity contribution in [1.29, 1.82) is 0 Å². The maximum Gasteiger partial charge on any atom is 0.417 e. The van der Waals surface area contributed by atoms with Crippen LogP contribution in [0.1, 0.15) is 23.7 Å². The molecule has 2 saturated heterocycles. The molecule has 15 heteroatoms. The molecule has 0 radical (unpaired) electrons. The van der Waals surface area contributed by atoms with Crippen molar-refractivity contribution in [2.24, 2.45) is 11.7 Å². The second kappa shape index (κ2) is 10.7. The van der Waals surface area contributed by atoms with Gasteiger partial charge in [0.25, 0.3) is 5.92 Å². The monoisotopic (exact) mass is 533 g/mol. The van der Waals surface area contributed by atoms with E-state index < -0.39 is 47.9 Å². The van der Waals surface area contributed by atoms with Gasteiger partial charge in [-0.05, 0) is 25.1 Å². The minimum absolute atomic E-state index is 0.0284. The summed E-state index contributed by atoms with van der Waals surface area (Å²) >= 11 is 0. The molecule has 2 aromatic rings. The quantitative estimate of drug-likeness (QED) is 0.523. The number of anilines is 2. The first-order valence-corrected chi connectivity index (χ1v) is 11.5. The number of piperidine rings is 1. The number of morpholine rings is 1. The number of pyridine rings is 1. The predicted octanol–water partition coefficient (Wildman–Crippen LogP) is 2.46. The summed E-state index contributed by atoms with van der Waals surface area (Å²) in [4.78, 5) is 25.6. The summed E-state index contributed by atoms with van der Waals surface area (Å²) < 4.78 is 88.8. The Labute approximate surface area is 208 Å². The lowest BCUT2D eigenvalue weighted by Gasteiger charge is -2.38. The number of likely N-dealkylation sites (tertiary alicyclic amines) is 1. The molecule has 0 aliphatic carbocycles. The number of alkyl halides is 5. The molecule has 1 amide bonds. The topological polar surface area (TPSA) is 110 Å². The zero-order valence-corrected chi connectivity index (χ0v) is 19.5. The van der Waals surface area contributed by atoms with E-state index in [1.165, 1.54) is 15.9 Å². The lowest BCUT2D eigenvalue weighted by Crippen LogP contribution is -2.52. The third-order valence-electron chi connectivity index (χ3n) is 6.35. The number of primary amides is 1. The lowest BCUT2D eigenvalue weighted by molar-refractivity contribution is -0.137. The standard InChI is InChI=1S/C22H25F6N7O2/c23-18-19(31-7-13-3-4-34(9-17(29)36)11-21(13,24)25)32-12-33-20(18)35-5-6-37-10-16(35)15-2-1-14(8-30-15)22(26,27)28/h1-2,8,12-13,16H,3-7,9-11H2,(H2,29,36)(H,31,32,33)/t13?,16-/m1/s1. The van der Waals surface area contributed by atoms with Crippen LogP contribution in [0.5, 0.6) is 0 Å². The Kier molecular flexibility index (Phi) is 7.73. The minimum Gasteiger partial charge on any atom is -0.377 e. The molecule has 0 saturated carbocycles. The summed E-state index contributed by atoms with van der Waals surface area (Å²) in [7, 11) is 0. The molecule has 4 rings (SSSR count). The number of amides is 1. The van der Waals surface area contributed by atoms with Crippen LogP contribution in [-0.2, 0) is 15.7 Å². The molecule has 2 atom stereocenters. The molecule has 2 aliphatic heterocycles. The normalized spacial score (nSPS) is 22.6. The molecular formula is C22H25F6N7O2. The number of nitrogens with one attached hydrogen (secondary N) is 1. The number of ether oxygens (including phenoxy) is 1. The van der Waals surface area contributed by atoms with Gasteiger partial charge in [0.05, 0.1) is 43.6 Å².